The fourth-order valence-corrected chi connectivity index (χ4v) is 3.06. The second-order valence-corrected chi connectivity index (χ2v) is 5.40. The molecule has 100 valence electrons. The van der Waals surface area contributed by atoms with Gasteiger partial charge in [0.2, 0.25) is 0 Å². The van der Waals surface area contributed by atoms with Crippen molar-refractivity contribution in [2.24, 2.45) is 0 Å². The van der Waals surface area contributed by atoms with Gasteiger partial charge in [0.1, 0.15) is 0 Å². The maximum Gasteiger partial charge on any atom is 0.0804 e. The Labute approximate surface area is 111 Å². The molecule has 0 aliphatic carbocycles. The number of hydrogen-bond donors (Lipinski definition) is 1. The molecule has 0 saturated carbocycles. The Morgan fingerprint density at radius 3 is 2.89 bits per heavy atom. The maximum atomic E-state index is 10.3. The number of benzene rings is 1. The number of aryl methyl sites for hydroxylation is 1. The van der Waals surface area contributed by atoms with Crippen molar-refractivity contribution in [1.82, 2.24) is 4.90 Å². The Hall–Kier alpha value is -0.860. The molecule has 0 amide bonds. The molecule has 18 heavy (non-hydrogen) atoms. The van der Waals surface area contributed by atoms with Crippen LogP contribution >= 0.6 is 0 Å². The van der Waals surface area contributed by atoms with Crippen LogP contribution in [-0.2, 0) is 0 Å². The van der Waals surface area contributed by atoms with Crippen molar-refractivity contribution in [1.29, 1.82) is 0 Å². The lowest BCUT2D eigenvalue weighted by atomic mass is 10.0. The number of rotatable bonds is 5. The molecule has 1 aromatic rings. The molecule has 1 heterocycles. The Morgan fingerprint density at radius 1 is 1.39 bits per heavy atom. The van der Waals surface area contributed by atoms with Crippen LogP contribution in [0.3, 0.4) is 0 Å². The van der Waals surface area contributed by atoms with Crippen molar-refractivity contribution in [3.8, 4) is 0 Å². The van der Waals surface area contributed by atoms with Gasteiger partial charge in [-0.2, -0.15) is 0 Å². The SMILES string of the molecule is CCC1CCCN1CCC(O)c1ccccc1C. The standard InChI is InChI=1S/C16H25NO/c1-3-14-8-6-11-17(14)12-10-16(18)15-9-5-4-7-13(15)2/h4-5,7,9,14,16,18H,3,6,8,10-12H2,1-2H3. The molecule has 2 unspecified atom stereocenters. The van der Waals surface area contributed by atoms with Gasteiger partial charge in [-0.05, 0) is 50.3 Å². The van der Waals surface area contributed by atoms with Gasteiger partial charge in [-0.3, -0.25) is 0 Å². The van der Waals surface area contributed by atoms with Gasteiger partial charge in [0.05, 0.1) is 6.10 Å². The summed E-state index contributed by atoms with van der Waals surface area (Å²) in [6.07, 6.45) is 4.42. The predicted molar refractivity (Wildman–Crippen MR) is 75.6 cm³/mol. The third kappa shape index (κ3) is 3.12. The molecule has 1 aliphatic rings. The van der Waals surface area contributed by atoms with Crippen molar-refractivity contribution in [2.75, 3.05) is 13.1 Å². The molecule has 2 nitrogen and oxygen atoms in total. The maximum absolute atomic E-state index is 10.3. The van der Waals surface area contributed by atoms with Crippen molar-refractivity contribution in [2.45, 2.75) is 51.7 Å². The number of hydrogen-bond acceptors (Lipinski definition) is 2. The summed E-state index contributed by atoms with van der Waals surface area (Å²) >= 11 is 0. The van der Waals surface area contributed by atoms with Crippen LogP contribution in [-0.4, -0.2) is 29.1 Å². The number of aliphatic hydroxyl groups is 1. The summed E-state index contributed by atoms with van der Waals surface area (Å²) in [6, 6.07) is 8.90. The van der Waals surface area contributed by atoms with E-state index in [4.69, 9.17) is 0 Å². The van der Waals surface area contributed by atoms with E-state index < -0.39 is 0 Å². The Morgan fingerprint density at radius 2 is 2.17 bits per heavy atom. The van der Waals surface area contributed by atoms with E-state index in [-0.39, 0.29) is 6.10 Å². The molecule has 0 spiro atoms. The summed E-state index contributed by atoms with van der Waals surface area (Å²) in [5.41, 5.74) is 2.28. The van der Waals surface area contributed by atoms with E-state index in [0.717, 1.165) is 24.6 Å². The van der Waals surface area contributed by atoms with Crippen LogP contribution in [0.2, 0.25) is 0 Å². The zero-order valence-corrected chi connectivity index (χ0v) is 11.6. The van der Waals surface area contributed by atoms with Crippen LogP contribution in [0.15, 0.2) is 24.3 Å². The molecule has 1 N–H and O–H groups in total. The van der Waals surface area contributed by atoms with Crippen LogP contribution in [0.5, 0.6) is 0 Å². The highest BCUT2D eigenvalue weighted by Gasteiger charge is 2.23. The highest BCUT2D eigenvalue weighted by atomic mass is 16.3. The van der Waals surface area contributed by atoms with Crippen molar-refractivity contribution < 1.29 is 5.11 Å². The molecule has 2 heteroatoms. The summed E-state index contributed by atoms with van der Waals surface area (Å²) in [4.78, 5) is 2.54. The van der Waals surface area contributed by atoms with Gasteiger partial charge in [-0.1, -0.05) is 31.2 Å². The van der Waals surface area contributed by atoms with Gasteiger partial charge in [-0.15, -0.1) is 0 Å². The number of nitrogens with zero attached hydrogens (tertiary/aromatic N) is 1. The van der Waals surface area contributed by atoms with E-state index in [1.165, 1.54) is 31.4 Å². The zero-order valence-electron chi connectivity index (χ0n) is 11.6. The van der Waals surface area contributed by atoms with E-state index in [2.05, 4.69) is 24.8 Å². The minimum absolute atomic E-state index is 0.315. The quantitative estimate of drug-likeness (QED) is 0.863. The lowest BCUT2D eigenvalue weighted by molar-refractivity contribution is 0.136. The molecule has 0 aromatic heterocycles. The van der Waals surface area contributed by atoms with Gasteiger partial charge < -0.3 is 10.0 Å². The van der Waals surface area contributed by atoms with Crippen molar-refractivity contribution in [3.63, 3.8) is 0 Å². The van der Waals surface area contributed by atoms with Crippen molar-refractivity contribution >= 4 is 0 Å². The number of likely N-dealkylation sites (tertiary alicyclic amines) is 1. The number of aliphatic hydroxyl groups excluding tert-OH is 1. The van der Waals surface area contributed by atoms with E-state index >= 15 is 0 Å². The van der Waals surface area contributed by atoms with Crippen LogP contribution in [0.25, 0.3) is 0 Å². The summed E-state index contributed by atoms with van der Waals surface area (Å²) in [7, 11) is 0. The van der Waals surface area contributed by atoms with Gasteiger partial charge >= 0.3 is 0 Å². The molecule has 1 fully saturated rings. The van der Waals surface area contributed by atoms with Crippen LogP contribution in [0.1, 0.15) is 49.8 Å². The Balaban J connectivity index is 1.88. The zero-order chi connectivity index (χ0) is 13.0. The normalized spacial score (nSPS) is 22.3. The fourth-order valence-electron chi connectivity index (χ4n) is 3.06. The second kappa shape index (κ2) is 6.35. The monoisotopic (exact) mass is 247 g/mol. The summed E-state index contributed by atoms with van der Waals surface area (Å²) in [5.74, 6) is 0. The first-order valence-electron chi connectivity index (χ1n) is 7.20. The first-order chi connectivity index (χ1) is 8.72. The topological polar surface area (TPSA) is 23.5 Å². The Bertz CT molecular complexity index is 377. The molecular weight excluding hydrogens is 222 g/mol. The predicted octanol–water partition coefficient (Wildman–Crippen LogP) is 3.29. The van der Waals surface area contributed by atoms with Crippen molar-refractivity contribution in [3.05, 3.63) is 35.4 Å². The molecule has 2 rings (SSSR count). The van der Waals surface area contributed by atoms with E-state index in [1.807, 2.05) is 18.2 Å². The van der Waals surface area contributed by atoms with E-state index in [0.29, 0.717) is 0 Å². The van der Waals surface area contributed by atoms with Gasteiger partial charge in [0.15, 0.2) is 0 Å². The second-order valence-electron chi connectivity index (χ2n) is 5.40. The largest absolute Gasteiger partial charge is 0.388 e. The highest BCUT2D eigenvalue weighted by Crippen LogP contribution is 2.24. The lowest BCUT2D eigenvalue weighted by Crippen LogP contribution is -2.30. The summed E-state index contributed by atoms with van der Waals surface area (Å²) in [6.45, 7) is 6.57. The van der Waals surface area contributed by atoms with Gasteiger partial charge in [0, 0.05) is 12.6 Å². The third-order valence-corrected chi connectivity index (χ3v) is 4.21. The molecule has 1 saturated heterocycles. The van der Waals surface area contributed by atoms with Crippen LogP contribution in [0, 0.1) is 6.92 Å². The first-order valence-corrected chi connectivity index (χ1v) is 7.20. The summed E-state index contributed by atoms with van der Waals surface area (Å²) in [5, 5.41) is 10.3. The van der Waals surface area contributed by atoms with E-state index in [1.54, 1.807) is 0 Å². The van der Waals surface area contributed by atoms with Gasteiger partial charge in [-0.25, -0.2) is 0 Å². The average Bonchev–Trinajstić information content (AvgIpc) is 2.84. The molecule has 1 aromatic carbocycles. The first kappa shape index (κ1) is 13.6. The average molecular weight is 247 g/mol. The fraction of sp³-hybridized carbons (Fsp3) is 0.625. The molecule has 0 bridgehead atoms. The Kier molecular flexibility index (Phi) is 4.79. The minimum Gasteiger partial charge on any atom is -0.388 e. The lowest BCUT2D eigenvalue weighted by Gasteiger charge is -2.24. The molecule has 1 aliphatic heterocycles. The molecular formula is C16H25NO. The molecule has 0 radical (unpaired) electrons. The van der Waals surface area contributed by atoms with Gasteiger partial charge in [0.25, 0.3) is 0 Å². The molecule has 2 atom stereocenters. The summed E-state index contributed by atoms with van der Waals surface area (Å²) < 4.78 is 0. The minimum atomic E-state index is -0.315. The third-order valence-electron chi connectivity index (χ3n) is 4.21. The van der Waals surface area contributed by atoms with Crippen LogP contribution < -0.4 is 0 Å². The van der Waals surface area contributed by atoms with Crippen LogP contribution in [0.4, 0.5) is 0 Å². The highest BCUT2D eigenvalue weighted by molar-refractivity contribution is 5.27. The smallest absolute Gasteiger partial charge is 0.0804 e. The van der Waals surface area contributed by atoms with E-state index in [9.17, 15) is 5.11 Å².